The van der Waals surface area contributed by atoms with Gasteiger partial charge in [-0.15, -0.1) is 6.42 Å². The molecule has 1 aliphatic rings. The number of ether oxygens (including phenoxy) is 7. The number of imide groups is 1. The first-order valence-electron chi connectivity index (χ1n) is 10.3. The lowest BCUT2D eigenvalue weighted by atomic mass is 10.5. The molecule has 0 aromatic rings. The van der Waals surface area contributed by atoms with Crippen LogP contribution in [0.3, 0.4) is 0 Å². The molecule has 0 fully saturated rings. The van der Waals surface area contributed by atoms with E-state index in [-0.39, 0.29) is 25.0 Å². The molecule has 0 aliphatic carbocycles. The smallest absolute Gasteiger partial charge is 0.253 e. The van der Waals surface area contributed by atoms with E-state index in [9.17, 15) is 9.59 Å². The molecule has 0 bridgehead atoms. The number of hydrogen-bond acceptors (Lipinski definition) is 9. The van der Waals surface area contributed by atoms with Gasteiger partial charge in [-0.2, -0.15) is 0 Å². The van der Waals surface area contributed by atoms with E-state index in [1.54, 1.807) is 0 Å². The molecule has 10 nitrogen and oxygen atoms in total. The number of terminal acetylenes is 1. The molecule has 31 heavy (non-hydrogen) atoms. The van der Waals surface area contributed by atoms with Crippen molar-refractivity contribution in [1.29, 1.82) is 0 Å². The molecule has 176 valence electrons. The summed E-state index contributed by atoms with van der Waals surface area (Å²) in [5.41, 5.74) is 0. The highest BCUT2D eigenvalue weighted by atomic mass is 16.6. The molecule has 0 N–H and O–H groups in total. The Labute approximate surface area is 183 Å². The van der Waals surface area contributed by atoms with Crippen LogP contribution in [0.1, 0.15) is 0 Å². The van der Waals surface area contributed by atoms with Gasteiger partial charge in [0, 0.05) is 12.2 Å². The van der Waals surface area contributed by atoms with Gasteiger partial charge in [0.05, 0.1) is 92.4 Å². The minimum atomic E-state index is -0.303. The van der Waals surface area contributed by atoms with Crippen molar-refractivity contribution in [1.82, 2.24) is 4.90 Å². The molecular formula is C21H33NO9. The Kier molecular flexibility index (Phi) is 17.6. The first-order chi connectivity index (χ1) is 15.3. The Morgan fingerprint density at radius 2 is 0.903 bits per heavy atom. The topological polar surface area (TPSA) is 102 Å². The van der Waals surface area contributed by atoms with Crippen LogP contribution in [0.2, 0.25) is 0 Å². The fourth-order valence-corrected chi connectivity index (χ4v) is 2.26. The Morgan fingerprint density at radius 3 is 1.26 bits per heavy atom. The molecule has 0 aromatic heterocycles. The minimum absolute atomic E-state index is 0.246. The molecule has 10 heteroatoms. The summed E-state index contributed by atoms with van der Waals surface area (Å²) in [6, 6.07) is 0. The lowest BCUT2D eigenvalue weighted by Gasteiger charge is -2.13. The molecule has 2 amide bonds. The number of amides is 2. The second kappa shape index (κ2) is 20.1. The third-order valence-electron chi connectivity index (χ3n) is 3.78. The molecule has 0 saturated carbocycles. The van der Waals surface area contributed by atoms with Crippen LogP contribution in [-0.2, 0) is 42.7 Å². The average Bonchev–Trinajstić information content (AvgIpc) is 3.09. The van der Waals surface area contributed by atoms with Crippen LogP contribution in [0.15, 0.2) is 12.2 Å². The van der Waals surface area contributed by atoms with Crippen molar-refractivity contribution in [2.24, 2.45) is 0 Å². The van der Waals surface area contributed by atoms with Crippen molar-refractivity contribution in [3.63, 3.8) is 0 Å². The summed E-state index contributed by atoms with van der Waals surface area (Å²) in [4.78, 5) is 23.8. The second-order valence-corrected chi connectivity index (χ2v) is 6.09. The zero-order valence-corrected chi connectivity index (χ0v) is 18.0. The zero-order valence-electron chi connectivity index (χ0n) is 18.0. The highest BCUT2D eigenvalue weighted by molar-refractivity contribution is 6.12. The Hall–Kier alpha value is -1.84. The molecule has 1 rings (SSSR count). The van der Waals surface area contributed by atoms with E-state index in [0.29, 0.717) is 85.9 Å². The average molecular weight is 443 g/mol. The molecule has 0 aromatic carbocycles. The number of carbonyl (C=O) groups is 2. The fourth-order valence-electron chi connectivity index (χ4n) is 2.26. The van der Waals surface area contributed by atoms with Crippen molar-refractivity contribution in [2.45, 2.75) is 0 Å². The normalized spacial score (nSPS) is 13.3. The molecule has 0 spiro atoms. The molecule has 1 aliphatic heterocycles. The number of hydrogen-bond donors (Lipinski definition) is 0. The van der Waals surface area contributed by atoms with Gasteiger partial charge in [0.2, 0.25) is 0 Å². The summed E-state index contributed by atoms with van der Waals surface area (Å²) in [7, 11) is 0. The summed E-state index contributed by atoms with van der Waals surface area (Å²) in [6.45, 7) is 6.49. The molecule has 0 saturated heterocycles. The number of rotatable bonds is 22. The SMILES string of the molecule is C#CCOCCOCCOCCOCCOCCOCCOCCN1C(=O)C=CC1=O. The molecule has 0 atom stereocenters. The first kappa shape index (κ1) is 27.2. The maximum Gasteiger partial charge on any atom is 0.253 e. The van der Waals surface area contributed by atoms with Gasteiger partial charge in [-0.05, 0) is 0 Å². The Balaban J connectivity index is 1.68. The van der Waals surface area contributed by atoms with Crippen LogP contribution in [0.5, 0.6) is 0 Å². The lowest BCUT2D eigenvalue weighted by Crippen LogP contribution is -2.33. The quantitative estimate of drug-likeness (QED) is 0.126. The standard InChI is InChI=1S/C21H33NO9/c1-2-6-25-8-10-27-12-14-29-16-18-31-19-17-30-15-13-28-11-9-26-7-5-22-20(23)3-4-21(22)24/h1,3-4H,5-19H2. The summed E-state index contributed by atoms with van der Waals surface area (Å²) in [5, 5.41) is 0. The van der Waals surface area contributed by atoms with Crippen LogP contribution < -0.4 is 0 Å². The number of carbonyl (C=O) groups excluding carboxylic acids is 2. The van der Waals surface area contributed by atoms with Gasteiger partial charge in [0.1, 0.15) is 6.61 Å². The van der Waals surface area contributed by atoms with E-state index in [1.807, 2.05) is 0 Å². The van der Waals surface area contributed by atoms with E-state index in [0.717, 1.165) is 4.90 Å². The Morgan fingerprint density at radius 1 is 0.581 bits per heavy atom. The predicted molar refractivity (Wildman–Crippen MR) is 110 cm³/mol. The monoisotopic (exact) mass is 443 g/mol. The van der Waals surface area contributed by atoms with Gasteiger partial charge in [0.15, 0.2) is 0 Å². The van der Waals surface area contributed by atoms with Crippen LogP contribution in [0.25, 0.3) is 0 Å². The van der Waals surface area contributed by atoms with E-state index in [2.05, 4.69) is 5.92 Å². The van der Waals surface area contributed by atoms with Gasteiger partial charge < -0.3 is 33.2 Å². The van der Waals surface area contributed by atoms with Crippen molar-refractivity contribution in [3.05, 3.63) is 12.2 Å². The van der Waals surface area contributed by atoms with E-state index in [1.165, 1.54) is 12.2 Å². The highest BCUT2D eigenvalue weighted by Crippen LogP contribution is 2.02. The van der Waals surface area contributed by atoms with Crippen molar-refractivity contribution in [3.8, 4) is 12.3 Å². The summed E-state index contributed by atoms with van der Waals surface area (Å²) in [5.74, 6) is 1.78. The Bertz CT molecular complexity index is 529. The van der Waals surface area contributed by atoms with Crippen LogP contribution in [0.4, 0.5) is 0 Å². The van der Waals surface area contributed by atoms with Gasteiger partial charge in [-0.1, -0.05) is 5.92 Å². The lowest BCUT2D eigenvalue weighted by molar-refractivity contribution is -0.137. The first-order valence-corrected chi connectivity index (χ1v) is 10.3. The molecule has 0 unspecified atom stereocenters. The number of nitrogens with zero attached hydrogens (tertiary/aromatic N) is 1. The minimum Gasteiger partial charge on any atom is -0.377 e. The summed E-state index contributed by atoms with van der Waals surface area (Å²) < 4.78 is 37.2. The van der Waals surface area contributed by atoms with Crippen molar-refractivity contribution >= 4 is 11.8 Å². The van der Waals surface area contributed by atoms with Gasteiger partial charge in [0.25, 0.3) is 11.8 Å². The second-order valence-electron chi connectivity index (χ2n) is 6.09. The van der Waals surface area contributed by atoms with Crippen LogP contribution in [0, 0.1) is 12.3 Å². The fraction of sp³-hybridized carbons (Fsp3) is 0.714. The summed E-state index contributed by atoms with van der Waals surface area (Å²) in [6.07, 6.45) is 7.56. The molecular weight excluding hydrogens is 410 g/mol. The zero-order chi connectivity index (χ0) is 22.4. The van der Waals surface area contributed by atoms with Crippen molar-refractivity contribution in [2.75, 3.05) is 99.0 Å². The maximum atomic E-state index is 11.3. The van der Waals surface area contributed by atoms with E-state index < -0.39 is 0 Å². The predicted octanol–water partition coefficient (Wildman–Crippen LogP) is -0.339. The van der Waals surface area contributed by atoms with Gasteiger partial charge >= 0.3 is 0 Å². The summed E-state index contributed by atoms with van der Waals surface area (Å²) >= 11 is 0. The van der Waals surface area contributed by atoms with E-state index >= 15 is 0 Å². The third-order valence-corrected chi connectivity index (χ3v) is 3.78. The third kappa shape index (κ3) is 15.6. The van der Waals surface area contributed by atoms with E-state index in [4.69, 9.17) is 39.6 Å². The maximum absolute atomic E-state index is 11.3. The van der Waals surface area contributed by atoms with Crippen LogP contribution in [-0.4, -0.2) is 116 Å². The van der Waals surface area contributed by atoms with Gasteiger partial charge in [-0.3, -0.25) is 14.5 Å². The molecule has 0 radical (unpaired) electrons. The van der Waals surface area contributed by atoms with Crippen LogP contribution >= 0.6 is 0 Å². The largest absolute Gasteiger partial charge is 0.377 e. The molecule has 1 heterocycles. The van der Waals surface area contributed by atoms with Gasteiger partial charge in [-0.25, -0.2) is 0 Å². The highest BCUT2D eigenvalue weighted by Gasteiger charge is 2.22. The van der Waals surface area contributed by atoms with Crippen molar-refractivity contribution < 1.29 is 42.7 Å².